The highest BCUT2D eigenvalue weighted by Gasteiger charge is 2.41. The van der Waals surface area contributed by atoms with Gasteiger partial charge in [-0.15, -0.1) is 10.2 Å². The number of aromatic nitrogens is 4. The monoisotopic (exact) mass is 592 g/mol. The number of sulfonamides is 1. The van der Waals surface area contributed by atoms with Crippen molar-refractivity contribution in [2.45, 2.75) is 42.8 Å². The molecule has 0 radical (unpaired) electrons. The number of hydrogen-bond donors (Lipinski definition) is 2. The molecule has 1 fully saturated rings. The summed E-state index contributed by atoms with van der Waals surface area (Å²) in [5.74, 6) is -0.494. The third-order valence-corrected chi connectivity index (χ3v) is 7.39. The number of benzene rings is 1. The van der Waals surface area contributed by atoms with E-state index in [-0.39, 0.29) is 39.2 Å². The van der Waals surface area contributed by atoms with Crippen molar-refractivity contribution >= 4 is 55.0 Å². The first-order valence-corrected chi connectivity index (χ1v) is 12.8. The number of carbonyl (C=O) groups excluding carboxylic acids is 1. The molecule has 1 amide bonds. The molecule has 0 saturated heterocycles. The number of hydrogen-bond acceptors (Lipinski definition) is 6. The van der Waals surface area contributed by atoms with E-state index < -0.39 is 27.8 Å². The van der Waals surface area contributed by atoms with Crippen molar-refractivity contribution in [3.63, 3.8) is 0 Å². The third kappa shape index (κ3) is 6.11. The molecule has 2 heterocycles. The average Bonchev–Trinajstić information content (AvgIpc) is 3.55. The Morgan fingerprint density at radius 3 is 2.40 bits per heavy atom. The zero-order chi connectivity index (χ0) is 25.4. The van der Waals surface area contributed by atoms with Crippen LogP contribution in [0.3, 0.4) is 0 Å². The van der Waals surface area contributed by atoms with Gasteiger partial charge in [-0.1, -0.05) is 11.6 Å². The number of carbonyl (C=O) groups is 1. The Hall–Kier alpha value is -2.71. The molecule has 0 unspecified atom stereocenters. The van der Waals surface area contributed by atoms with Gasteiger partial charge in [0.15, 0.2) is 16.7 Å². The molecule has 0 spiro atoms. The zero-order valence-electron chi connectivity index (χ0n) is 17.7. The van der Waals surface area contributed by atoms with Crippen LogP contribution < -0.4 is 10.0 Å². The maximum atomic E-state index is 13.2. The van der Waals surface area contributed by atoms with Crippen LogP contribution in [-0.4, -0.2) is 34.3 Å². The summed E-state index contributed by atoms with van der Waals surface area (Å²) in [5, 5.41) is 13.6. The van der Waals surface area contributed by atoms with Gasteiger partial charge < -0.3 is 5.32 Å². The molecule has 1 aliphatic rings. The van der Waals surface area contributed by atoms with Crippen LogP contribution in [0.5, 0.6) is 0 Å². The van der Waals surface area contributed by atoms with Crippen molar-refractivity contribution in [1.29, 1.82) is 0 Å². The van der Waals surface area contributed by atoms with E-state index in [4.69, 9.17) is 11.6 Å². The molecule has 0 atom stereocenters. The Kier molecular flexibility index (Phi) is 7.06. The molecule has 9 nitrogen and oxygen atoms in total. The zero-order valence-corrected chi connectivity index (χ0v) is 20.8. The molecule has 15 heteroatoms. The molecule has 35 heavy (non-hydrogen) atoms. The fourth-order valence-electron chi connectivity index (χ4n) is 3.27. The van der Waals surface area contributed by atoms with E-state index in [2.05, 4.69) is 41.3 Å². The Bertz CT molecular complexity index is 1340. The summed E-state index contributed by atoms with van der Waals surface area (Å²) in [4.78, 5) is 12.3. The Labute approximate surface area is 211 Å². The van der Waals surface area contributed by atoms with E-state index in [0.29, 0.717) is 11.4 Å². The molecule has 186 valence electrons. The molecule has 2 aromatic heterocycles. The van der Waals surface area contributed by atoms with Gasteiger partial charge in [-0.3, -0.25) is 14.2 Å². The van der Waals surface area contributed by atoms with Crippen molar-refractivity contribution in [1.82, 2.24) is 20.0 Å². The first kappa shape index (κ1) is 25.4. The molecule has 1 aliphatic carbocycles. The maximum Gasteiger partial charge on any atom is 0.436 e. The van der Waals surface area contributed by atoms with Crippen molar-refractivity contribution in [3.05, 3.63) is 57.4 Å². The van der Waals surface area contributed by atoms with Crippen molar-refractivity contribution in [3.8, 4) is 0 Å². The van der Waals surface area contributed by atoms with E-state index in [9.17, 15) is 26.4 Å². The van der Waals surface area contributed by atoms with E-state index in [1.54, 1.807) is 0 Å². The predicted molar refractivity (Wildman–Crippen MR) is 124 cm³/mol. The van der Waals surface area contributed by atoms with Gasteiger partial charge in [-0.2, -0.15) is 18.3 Å². The van der Waals surface area contributed by atoms with Crippen molar-refractivity contribution < 1.29 is 26.4 Å². The number of halogens is 5. The van der Waals surface area contributed by atoms with Crippen LogP contribution in [0, 0.1) is 0 Å². The second-order valence-electron chi connectivity index (χ2n) is 7.71. The van der Waals surface area contributed by atoms with Crippen LogP contribution in [0.15, 0.2) is 45.8 Å². The number of nitrogens with one attached hydrogen (secondary N) is 2. The minimum Gasteiger partial charge on any atom is -0.326 e. The number of aryl methyl sites for hydroxylation is 1. The first-order chi connectivity index (χ1) is 16.4. The molecular weight excluding hydrogens is 577 g/mol. The van der Waals surface area contributed by atoms with Crippen LogP contribution >= 0.6 is 27.5 Å². The summed E-state index contributed by atoms with van der Waals surface area (Å²) in [6.07, 6.45) is -3.19. The van der Waals surface area contributed by atoms with Crippen molar-refractivity contribution in [2.24, 2.45) is 0 Å². The summed E-state index contributed by atoms with van der Waals surface area (Å²) < 4.78 is 68.0. The van der Waals surface area contributed by atoms with E-state index in [0.717, 1.165) is 12.8 Å². The fourth-order valence-corrected chi connectivity index (χ4v) is 5.20. The van der Waals surface area contributed by atoms with Gasteiger partial charge in [0.05, 0.1) is 21.6 Å². The molecule has 0 aliphatic heterocycles. The number of alkyl halides is 3. The fraction of sp³-hybridized carbons (Fsp3) is 0.300. The highest BCUT2D eigenvalue weighted by Crippen LogP contribution is 2.47. The lowest BCUT2D eigenvalue weighted by atomic mass is 10.2. The van der Waals surface area contributed by atoms with Gasteiger partial charge in [-0.05, 0) is 65.2 Å². The minimum atomic E-state index is -4.60. The largest absolute Gasteiger partial charge is 0.436 e. The van der Waals surface area contributed by atoms with Crippen molar-refractivity contribution in [2.75, 3.05) is 10.0 Å². The van der Waals surface area contributed by atoms with E-state index in [1.807, 2.05) is 0 Å². The molecule has 2 N–H and O–H groups in total. The normalized spacial score (nSPS) is 14.1. The lowest BCUT2D eigenvalue weighted by Crippen LogP contribution is -2.17. The molecule has 0 bridgehead atoms. The maximum absolute atomic E-state index is 13.2. The van der Waals surface area contributed by atoms with E-state index in [1.165, 1.54) is 41.1 Å². The van der Waals surface area contributed by atoms with E-state index >= 15 is 0 Å². The molecular formula is C20H17BrClF3N6O3S. The van der Waals surface area contributed by atoms with Crippen LogP contribution in [0.2, 0.25) is 5.15 Å². The quantitative estimate of drug-likeness (QED) is 0.387. The summed E-state index contributed by atoms with van der Waals surface area (Å²) in [6.45, 7) is -0.0368. The smallest absolute Gasteiger partial charge is 0.326 e. The lowest BCUT2D eigenvalue weighted by Gasteiger charge is -2.10. The van der Waals surface area contributed by atoms with Gasteiger partial charge >= 0.3 is 6.18 Å². The first-order valence-electron chi connectivity index (χ1n) is 10.2. The van der Waals surface area contributed by atoms with Crippen LogP contribution in [-0.2, 0) is 27.5 Å². The number of rotatable bonds is 8. The number of anilines is 2. The molecule has 3 aromatic rings. The average molecular weight is 594 g/mol. The topological polar surface area (TPSA) is 119 Å². The summed E-state index contributed by atoms with van der Waals surface area (Å²) >= 11 is 8.64. The molecule has 4 rings (SSSR count). The summed E-state index contributed by atoms with van der Waals surface area (Å²) in [6, 6.07) is 8.08. The Balaban J connectivity index is 1.38. The third-order valence-electron chi connectivity index (χ3n) is 5.03. The van der Waals surface area contributed by atoms with Gasteiger partial charge in [0.2, 0.25) is 5.91 Å². The summed E-state index contributed by atoms with van der Waals surface area (Å²) in [7, 11) is -3.95. The lowest BCUT2D eigenvalue weighted by molar-refractivity contribution is -0.142. The standard InChI is InChI=1S/C20H17BrClF3N6O3S/c21-17-18(11-1-2-11)31(29-19(17)20(23,24)25)10-9-16(32)26-12-3-5-13(6-4-12)35(33,34)30-15-8-7-14(22)27-28-15/h3-8,11H,1-2,9-10H2,(H,26,32)(H,28,30). The van der Waals surface area contributed by atoms with Gasteiger partial charge in [0, 0.05) is 18.0 Å². The van der Waals surface area contributed by atoms with Crippen LogP contribution in [0.4, 0.5) is 24.7 Å². The SMILES string of the molecule is O=C(CCn1nc(C(F)(F)F)c(Br)c1C1CC1)Nc1ccc(S(=O)(=O)Nc2ccc(Cl)nn2)cc1. The highest BCUT2D eigenvalue weighted by atomic mass is 79.9. The van der Waals surface area contributed by atoms with Gasteiger partial charge in [-0.25, -0.2) is 8.42 Å². The second-order valence-corrected chi connectivity index (χ2v) is 10.6. The van der Waals surface area contributed by atoms with Gasteiger partial charge in [0.1, 0.15) is 0 Å². The minimum absolute atomic E-state index is 0.0157. The van der Waals surface area contributed by atoms with Crippen LogP contribution in [0.1, 0.15) is 36.6 Å². The Morgan fingerprint density at radius 2 is 1.83 bits per heavy atom. The molecule has 1 aromatic carbocycles. The second kappa shape index (κ2) is 9.74. The number of nitrogens with zero attached hydrogens (tertiary/aromatic N) is 4. The highest BCUT2D eigenvalue weighted by molar-refractivity contribution is 9.10. The Morgan fingerprint density at radius 1 is 1.14 bits per heavy atom. The predicted octanol–water partition coefficient (Wildman–Crippen LogP) is 4.81. The number of amides is 1. The molecule has 1 saturated carbocycles. The van der Waals surface area contributed by atoms with Crippen LogP contribution in [0.25, 0.3) is 0 Å². The van der Waals surface area contributed by atoms with Gasteiger partial charge in [0.25, 0.3) is 10.0 Å². The summed E-state index contributed by atoms with van der Waals surface area (Å²) in [5.41, 5.74) is -0.243.